The number of ether oxygens (including phenoxy) is 1. The molecule has 1 aromatic rings. The number of methoxy groups -OCH3 is 1. The lowest BCUT2D eigenvalue weighted by molar-refractivity contribution is 0.266. The minimum atomic E-state index is 0.201. The maximum atomic E-state index is 9.28. The minimum Gasteiger partial charge on any atom is -0.495 e. The molecule has 1 heterocycles. The van der Waals surface area contributed by atoms with Gasteiger partial charge in [0.05, 0.1) is 25.4 Å². The molecule has 4 heteroatoms. The second kappa shape index (κ2) is 4.61. The number of hydrogen-bond acceptors (Lipinski definition) is 4. The molecule has 1 unspecified atom stereocenters. The summed E-state index contributed by atoms with van der Waals surface area (Å²) in [7, 11) is 1.61. The monoisotopic (exact) mass is 222 g/mol. The van der Waals surface area contributed by atoms with Crippen LogP contribution in [0.2, 0.25) is 0 Å². The molecule has 1 aromatic carbocycles. The van der Waals surface area contributed by atoms with E-state index in [1.165, 1.54) is 0 Å². The van der Waals surface area contributed by atoms with Gasteiger partial charge >= 0.3 is 0 Å². The van der Waals surface area contributed by atoms with Gasteiger partial charge < -0.3 is 20.5 Å². The highest BCUT2D eigenvalue weighted by molar-refractivity contribution is 5.63. The van der Waals surface area contributed by atoms with Crippen LogP contribution in [0.15, 0.2) is 18.2 Å². The van der Waals surface area contributed by atoms with E-state index in [4.69, 9.17) is 10.5 Å². The standard InChI is InChI=1S/C12H18N2O2/c1-16-12-7-9(4-5-11(12)13)14-6-2-3-10(14)8-15/h4-5,7,10,15H,2-3,6,8,13H2,1H3. The molecule has 0 spiro atoms. The largest absolute Gasteiger partial charge is 0.495 e. The van der Waals surface area contributed by atoms with Gasteiger partial charge in [-0.3, -0.25) is 0 Å². The van der Waals surface area contributed by atoms with Crippen molar-refractivity contribution in [1.29, 1.82) is 0 Å². The van der Waals surface area contributed by atoms with E-state index in [1.54, 1.807) is 7.11 Å². The third kappa shape index (κ3) is 1.93. The summed E-state index contributed by atoms with van der Waals surface area (Å²) < 4.78 is 5.20. The molecule has 1 aliphatic rings. The topological polar surface area (TPSA) is 58.7 Å². The Morgan fingerprint density at radius 1 is 1.56 bits per heavy atom. The van der Waals surface area contributed by atoms with Gasteiger partial charge in [0.15, 0.2) is 0 Å². The Balaban J connectivity index is 2.26. The van der Waals surface area contributed by atoms with Gasteiger partial charge in [-0.15, -0.1) is 0 Å². The van der Waals surface area contributed by atoms with Crippen LogP contribution in [0.1, 0.15) is 12.8 Å². The molecule has 0 amide bonds. The maximum absolute atomic E-state index is 9.28. The van der Waals surface area contributed by atoms with Crippen molar-refractivity contribution in [2.45, 2.75) is 18.9 Å². The smallest absolute Gasteiger partial charge is 0.143 e. The van der Waals surface area contributed by atoms with Crippen LogP contribution in [0.4, 0.5) is 11.4 Å². The average molecular weight is 222 g/mol. The van der Waals surface area contributed by atoms with Crippen LogP contribution in [-0.4, -0.2) is 31.4 Å². The van der Waals surface area contributed by atoms with Crippen LogP contribution < -0.4 is 15.4 Å². The highest BCUT2D eigenvalue weighted by Crippen LogP contribution is 2.31. The molecule has 1 saturated heterocycles. The minimum absolute atomic E-state index is 0.201. The fourth-order valence-electron chi connectivity index (χ4n) is 2.24. The van der Waals surface area contributed by atoms with Gasteiger partial charge in [-0.05, 0) is 25.0 Å². The molecule has 3 N–H and O–H groups in total. The van der Waals surface area contributed by atoms with Gasteiger partial charge in [0, 0.05) is 18.3 Å². The quantitative estimate of drug-likeness (QED) is 0.755. The Kier molecular flexibility index (Phi) is 3.19. The Morgan fingerprint density at radius 2 is 2.38 bits per heavy atom. The molecule has 88 valence electrons. The lowest BCUT2D eigenvalue weighted by Gasteiger charge is -2.25. The number of benzene rings is 1. The van der Waals surface area contributed by atoms with Crippen molar-refractivity contribution < 1.29 is 9.84 Å². The first-order valence-electron chi connectivity index (χ1n) is 5.57. The average Bonchev–Trinajstić information content (AvgIpc) is 2.78. The Bertz CT molecular complexity index is 368. The number of hydrogen-bond donors (Lipinski definition) is 2. The van der Waals surface area contributed by atoms with Crippen LogP contribution in [-0.2, 0) is 0 Å². The van der Waals surface area contributed by atoms with Gasteiger partial charge in [-0.2, -0.15) is 0 Å². The van der Waals surface area contributed by atoms with Crippen LogP contribution in [0.25, 0.3) is 0 Å². The third-order valence-electron chi connectivity index (χ3n) is 3.14. The predicted molar refractivity (Wildman–Crippen MR) is 64.9 cm³/mol. The zero-order chi connectivity index (χ0) is 11.5. The summed E-state index contributed by atoms with van der Waals surface area (Å²) in [5.41, 5.74) is 7.49. The molecule has 1 fully saturated rings. The Hall–Kier alpha value is -1.42. The summed E-state index contributed by atoms with van der Waals surface area (Å²) in [4.78, 5) is 2.21. The van der Waals surface area contributed by atoms with E-state index in [2.05, 4.69) is 4.90 Å². The first kappa shape index (κ1) is 11.1. The van der Waals surface area contributed by atoms with E-state index >= 15 is 0 Å². The lowest BCUT2D eigenvalue weighted by Crippen LogP contribution is -2.31. The molecular formula is C12H18N2O2. The highest BCUT2D eigenvalue weighted by atomic mass is 16.5. The number of rotatable bonds is 3. The van der Waals surface area contributed by atoms with Gasteiger partial charge in [0.25, 0.3) is 0 Å². The molecule has 1 atom stereocenters. The number of aliphatic hydroxyl groups excluding tert-OH is 1. The van der Waals surface area contributed by atoms with Crippen molar-refractivity contribution >= 4 is 11.4 Å². The molecule has 0 radical (unpaired) electrons. The van der Waals surface area contributed by atoms with Crippen molar-refractivity contribution in [1.82, 2.24) is 0 Å². The fraction of sp³-hybridized carbons (Fsp3) is 0.500. The van der Waals surface area contributed by atoms with Crippen LogP contribution in [0.5, 0.6) is 5.75 Å². The highest BCUT2D eigenvalue weighted by Gasteiger charge is 2.24. The Labute approximate surface area is 95.6 Å². The molecule has 0 saturated carbocycles. The van der Waals surface area contributed by atoms with Crippen LogP contribution in [0.3, 0.4) is 0 Å². The normalized spacial score (nSPS) is 20.1. The first-order chi connectivity index (χ1) is 7.76. The molecule has 0 aliphatic carbocycles. The van der Waals surface area contributed by atoms with E-state index in [0.29, 0.717) is 11.4 Å². The molecule has 0 aromatic heterocycles. The predicted octanol–water partition coefficient (Wildman–Crippen LogP) is 1.24. The van der Waals surface area contributed by atoms with Crippen LogP contribution in [0, 0.1) is 0 Å². The summed E-state index contributed by atoms with van der Waals surface area (Å²) in [6.07, 6.45) is 2.17. The molecule has 0 bridgehead atoms. The zero-order valence-corrected chi connectivity index (χ0v) is 9.52. The second-order valence-corrected chi connectivity index (χ2v) is 4.10. The van der Waals surface area contributed by atoms with E-state index in [9.17, 15) is 5.11 Å². The summed E-state index contributed by atoms with van der Waals surface area (Å²) in [5, 5.41) is 9.28. The van der Waals surface area contributed by atoms with E-state index < -0.39 is 0 Å². The first-order valence-corrected chi connectivity index (χ1v) is 5.57. The zero-order valence-electron chi connectivity index (χ0n) is 9.52. The number of nitrogens with zero attached hydrogens (tertiary/aromatic N) is 1. The van der Waals surface area contributed by atoms with E-state index in [-0.39, 0.29) is 12.6 Å². The SMILES string of the molecule is COc1cc(N2CCCC2CO)ccc1N. The van der Waals surface area contributed by atoms with E-state index in [0.717, 1.165) is 25.1 Å². The van der Waals surface area contributed by atoms with Gasteiger partial charge in [-0.25, -0.2) is 0 Å². The summed E-state index contributed by atoms with van der Waals surface area (Å²) in [6, 6.07) is 5.99. The van der Waals surface area contributed by atoms with E-state index in [1.807, 2.05) is 18.2 Å². The molecule has 4 nitrogen and oxygen atoms in total. The number of anilines is 2. The second-order valence-electron chi connectivity index (χ2n) is 4.10. The molecular weight excluding hydrogens is 204 g/mol. The molecule has 1 aliphatic heterocycles. The number of nitrogen functional groups attached to an aromatic ring is 1. The fourth-order valence-corrected chi connectivity index (χ4v) is 2.24. The van der Waals surface area contributed by atoms with Crippen LogP contribution >= 0.6 is 0 Å². The van der Waals surface area contributed by atoms with Gasteiger partial charge in [-0.1, -0.05) is 0 Å². The third-order valence-corrected chi connectivity index (χ3v) is 3.14. The van der Waals surface area contributed by atoms with Crippen molar-refractivity contribution in [2.24, 2.45) is 0 Å². The Morgan fingerprint density at radius 3 is 3.06 bits per heavy atom. The van der Waals surface area contributed by atoms with Gasteiger partial charge in [0.2, 0.25) is 0 Å². The summed E-state index contributed by atoms with van der Waals surface area (Å²) >= 11 is 0. The van der Waals surface area contributed by atoms with Crippen molar-refractivity contribution in [3.63, 3.8) is 0 Å². The summed E-state index contributed by atoms with van der Waals surface area (Å²) in [6.45, 7) is 1.19. The number of aliphatic hydroxyl groups is 1. The van der Waals surface area contributed by atoms with Crippen molar-refractivity contribution in [3.8, 4) is 5.75 Å². The lowest BCUT2D eigenvalue weighted by atomic mass is 10.2. The maximum Gasteiger partial charge on any atom is 0.143 e. The molecule has 16 heavy (non-hydrogen) atoms. The van der Waals surface area contributed by atoms with Gasteiger partial charge in [0.1, 0.15) is 5.75 Å². The van der Waals surface area contributed by atoms with Crippen molar-refractivity contribution in [2.75, 3.05) is 30.9 Å². The van der Waals surface area contributed by atoms with Crippen molar-refractivity contribution in [3.05, 3.63) is 18.2 Å². The number of nitrogens with two attached hydrogens (primary N) is 1. The molecule has 2 rings (SSSR count). The summed E-state index contributed by atoms with van der Waals surface area (Å²) in [5.74, 6) is 0.695.